The molecule has 2 heteroatoms. The van der Waals surface area contributed by atoms with Gasteiger partial charge in [0.1, 0.15) is 0 Å². The second-order valence-corrected chi connectivity index (χ2v) is 7.05. The molecule has 116 valence electrons. The maximum absolute atomic E-state index is 3.78. The number of nitrogens with one attached hydrogen (secondary N) is 1. The van der Waals surface area contributed by atoms with Crippen LogP contribution in [0.4, 0.5) is 5.69 Å². The molecule has 21 heavy (non-hydrogen) atoms. The predicted molar refractivity (Wildman–Crippen MR) is 90.9 cm³/mol. The van der Waals surface area contributed by atoms with E-state index >= 15 is 0 Å². The Kier molecular flexibility index (Phi) is 4.84. The first-order valence-electron chi connectivity index (χ1n) is 8.84. The lowest BCUT2D eigenvalue weighted by atomic mass is 9.91. The van der Waals surface area contributed by atoms with Gasteiger partial charge < -0.3 is 10.2 Å². The molecule has 2 atom stereocenters. The first-order chi connectivity index (χ1) is 10.3. The van der Waals surface area contributed by atoms with E-state index in [1.807, 2.05) is 0 Å². The van der Waals surface area contributed by atoms with E-state index in [0.29, 0.717) is 6.04 Å². The van der Waals surface area contributed by atoms with Gasteiger partial charge in [0, 0.05) is 24.8 Å². The number of nitrogens with zero attached hydrogens (tertiary/aromatic N) is 1. The smallest absolute Gasteiger partial charge is 0.0399 e. The SMILES string of the molecule is CCNC(CN1CC(C)Cc2ccccc21)C1CCCC1. The fourth-order valence-corrected chi connectivity index (χ4v) is 4.32. The zero-order chi connectivity index (χ0) is 14.7. The summed E-state index contributed by atoms with van der Waals surface area (Å²) in [6.07, 6.45) is 6.94. The summed E-state index contributed by atoms with van der Waals surface area (Å²) >= 11 is 0. The summed E-state index contributed by atoms with van der Waals surface area (Å²) < 4.78 is 0. The maximum Gasteiger partial charge on any atom is 0.0399 e. The summed E-state index contributed by atoms with van der Waals surface area (Å²) in [7, 11) is 0. The van der Waals surface area contributed by atoms with Gasteiger partial charge in [-0.05, 0) is 49.3 Å². The van der Waals surface area contributed by atoms with Crippen LogP contribution in [0.2, 0.25) is 0 Å². The molecule has 0 aromatic heterocycles. The van der Waals surface area contributed by atoms with Crippen LogP contribution in [0.5, 0.6) is 0 Å². The van der Waals surface area contributed by atoms with Gasteiger partial charge in [0.25, 0.3) is 0 Å². The van der Waals surface area contributed by atoms with E-state index in [2.05, 4.69) is 48.3 Å². The first kappa shape index (κ1) is 14.9. The highest BCUT2D eigenvalue weighted by atomic mass is 15.2. The molecule has 1 heterocycles. The van der Waals surface area contributed by atoms with Crippen molar-refractivity contribution in [1.82, 2.24) is 5.32 Å². The van der Waals surface area contributed by atoms with E-state index in [-0.39, 0.29) is 0 Å². The van der Waals surface area contributed by atoms with Crippen LogP contribution < -0.4 is 10.2 Å². The molecule has 0 amide bonds. The van der Waals surface area contributed by atoms with Crippen LogP contribution in [0.3, 0.4) is 0 Å². The van der Waals surface area contributed by atoms with Gasteiger partial charge in [0.05, 0.1) is 0 Å². The van der Waals surface area contributed by atoms with Crippen molar-refractivity contribution in [3.05, 3.63) is 29.8 Å². The molecule has 2 unspecified atom stereocenters. The van der Waals surface area contributed by atoms with Crippen molar-refractivity contribution in [3.8, 4) is 0 Å². The molecule has 1 aromatic rings. The summed E-state index contributed by atoms with van der Waals surface area (Å²) in [5.41, 5.74) is 3.02. The third-order valence-corrected chi connectivity index (χ3v) is 5.29. The molecule has 1 N–H and O–H groups in total. The Morgan fingerprint density at radius 2 is 2.00 bits per heavy atom. The van der Waals surface area contributed by atoms with Crippen LogP contribution in [0, 0.1) is 11.8 Å². The number of benzene rings is 1. The van der Waals surface area contributed by atoms with Crippen LogP contribution in [-0.2, 0) is 6.42 Å². The summed E-state index contributed by atoms with van der Waals surface area (Å²) in [5, 5.41) is 3.78. The summed E-state index contributed by atoms with van der Waals surface area (Å²) in [6.45, 7) is 8.12. The molecular formula is C19H30N2. The molecule has 1 aliphatic heterocycles. The minimum Gasteiger partial charge on any atom is -0.369 e. The minimum absolute atomic E-state index is 0.663. The molecule has 2 nitrogen and oxygen atoms in total. The van der Waals surface area contributed by atoms with E-state index < -0.39 is 0 Å². The van der Waals surface area contributed by atoms with E-state index in [9.17, 15) is 0 Å². The Hall–Kier alpha value is -1.02. The van der Waals surface area contributed by atoms with Crippen LogP contribution in [0.25, 0.3) is 0 Å². The molecule has 0 saturated heterocycles. The molecule has 1 fully saturated rings. The molecule has 1 saturated carbocycles. The van der Waals surface area contributed by atoms with Gasteiger partial charge in [0.15, 0.2) is 0 Å². The van der Waals surface area contributed by atoms with E-state index in [1.54, 1.807) is 0 Å². The number of fused-ring (bicyclic) bond motifs is 1. The quantitative estimate of drug-likeness (QED) is 0.884. The molecule has 1 aromatic carbocycles. The Labute approximate surface area is 129 Å². The highest BCUT2D eigenvalue weighted by Crippen LogP contribution is 2.32. The van der Waals surface area contributed by atoms with Gasteiger partial charge in [0.2, 0.25) is 0 Å². The van der Waals surface area contributed by atoms with Crippen molar-refractivity contribution in [2.75, 3.05) is 24.5 Å². The van der Waals surface area contributed by atoms with Crippen molar-refractivity contribution in [3.63, 3.8) is 0 Å². The highest BCUT2D eigenvalue weighted by Gasteiger charge is 2.29. The maximum atomic E-state index is 3.78. The second-order valence-electron chi connectivity index (χ2n) is 7.05. The second kappa shape index (κ2) is 6.83. The summed E-state index contributed by atoms with van der Waals surface area (Å²) in [5.74, 6) is 1.65. The Bertz CT molecular complexity index is 451. The number of likely N-dealkylation sites (N-methyl/N-ethyl adjacent to an activating group) is 1. The Morgan fingerprint density at radius 1 is 1.24 bits per heavy atom. The number of hydrogen-bond donors (Lipinski definition) is 1. The standard InChI is InChI=1S/C19H30N2/c1-3-20-18(16-8-4-5-9-16)14-21-13-15(2)12-17-10-6-7-11-19(17)21/h6-7,10-11,15-16,18,20H,3-5,8-9,12-14H2,1-2H3. The summed E-state index contributed by atoms with van der Waals surface area (Å²) in [6, 6.07) is 9.68. The molecule has 0 spiro atoms. The highest BCUT2D eigenvalue weighted by molar-refractivity contribution is 5.55. The lowest BCUT2D eigenvalue weighted by molar-refractivity contribution is 0.355. The van der Waals surface area contributed by atoms with Crippen molar-refractivity contribution < 1.29 is 0 Å². The molecule has 2 aliphatic rings. The van der Waals surface area contributed by atoms with Crippen LogP contribution in [-0.4, -0.2) is 25.7 Å². The number of para-hydroxylation sites is 1. The van der Waals surface area contributed by atoms with Crippen molar-refractivity contribution in [2.24, 2.45) is 11.8 Å². The molecular weight excluding hydrogens is 256 g/mol. The average molecular weight is 286 g/mol. The van der Waals surface area contributed by atoms with Gasteiger partial charge in [-0.2, -0.15) is 0 Å². The van der Waals surface area contributed by atoms with E-state index in [1.165, 1.54) is 56.4 Å². The lowest BCUT2D eigenvalue weighted by Gasteiger charge is -2.38. The third kappa shape index (κ3) is 3.42. The van der Waals surface area contributed by atoms with Crippen molar-refractivity contribution in [2.45, 2.75) is 52.0 Å². The van der Waals surface area contributed by atoms with Crippen molar-refractivity contribution >= 4 is 5.69 Å². The monoisotopic (exact) mass is 286 g/mol. The number of rotatable bonds is 5. The van der Waals surface area contributed by atoms with Gasteiger partial charge in [-0.15, -0.1) is 0 Å². The van der Waals surface area contributed by atoms with E-state index in [4.69, 9.17) is 0 Å². The topological polar surface area (TPSA) is 15.3 Å². The van der Waals surface area contributed by atoms with Crippen LogP contribution in [0.1, 0.15) is 45.1 Å². The minimum atomic E-state index is 0.663. The van der Waals surface area contributed by atoms with Gasteiger partial charge in [-0.3, -0.25) is 0 Å². The van der Waals surface area contributed by atoms with Gasteiger partial charge in [-0.25, -0.2) is 0 Å². The normalized spacial score (nSPS) is 24.1. The molecule has 0 radical (unpaired) electrons. The van der Waals surface area contributed by atoms with Gasteiger partial charge >= 0.3 is 0 Å². The fraction of sp³-hybridized carbons (Fsp3) is 0.684. The predicted octanol–water partition coefficient (Wildman–Crippen LogP) is 3.85. The lowest BCUT2D eigenvalue weighted by Crippen LogP contribution is -2.47. The number of anilines is 1. The van der Waals surface area contributed by atoms with Crippen molar-refractivity contribution in [1.29, 1.82) is 0 Å². The zero-order valence-electron chi connectivity index (χ0n) is 13.6. The number of hydrogen-bond acceptors (Lipinski definition) is 2. The Balaban J connectivity index is 1.75. The third-order valence-electron chi connectivity index (χ3n) is 5.29. The van der Waals surface area contributed by atoms with Gasteiger partial charge in [-0.1, -0.05) is 44.9 Å². The van der Waals surface area contributed by atoms with E-state index in [0.717, 1.165) is 18.4 Å². The Morgan fingerprint density at radius 3 is 2.76 bits per heavy atom. The van der Waals surface area contributed by atoms with Crippen LogP contribution >= 0.6 is 0 Å². The van der Waals surface area contributed by atoms with Crippen LogP contribution in [0.15, 0.2) is 24.3 Å². The summed E-state index contributed by atoms with van der Waals surface area (Å²) in [4.78, 5) is 2.65. The first-order valence-corrected chi connectivity index (χ1v) is 8.84. The average Bonchev–Trinajstić information content (AvgIpc) is 3.00. The largest absolute Gasteiger partial charge is 0.369 e. The zero-order valence-corrected chi connectivity index (χ0v) is 13.6. The molecule has 1 aliphatic carbocycles. The molecule has 0 bridgehead atoms. The fourth-order valence-electron chi connectivity index (χ4n) is 4.32. The molecule has 3 rings (SSSR count).